The van der Waals surface area contributed by atoms with Crippen LogP contribution in [0.1, 0.15) is 10.4 Å². The van der Waals surface area contributed by atoms with Crippen LogP contribution in [0.5, 0.6) is 17.4 Å². The summed E-state index contributed by atoms with van der Waals surface area (Å²) in [5, 5.41) is 8.32. The molecule has 0 amide bonds. The summed E-state index contributed by atoms with van der Waals surface area (Å²) in [4.78, 5) is 14.2. The zero-order valence-electron chi connectivity index (χ0n) is 11.9. The molecule has 2 rings (SSSR count). The minimum atomic E-state index is -4.59. The highest BCUT2D eigenvalue weighted by Crippen LogP contribution is 2.32. The van der Waals surface area contributed by atoms with Crippen molar-refractivity contribution in [3.05, 3.63) is 46.6 Å². The molecule has 5 nitrogen and oxygen atoms in total. The monoisotopic (exact) mass is 383 g/mol. The average Bonchev–Trinajstić information content (AvgIpc) is 2.48. The maximum Gasteiger partial charge on any atom is 0.422 e. The van der Waals surface area contributed by atoms with E-state index in [1.54, 1.807) is 0 Å². The maximum absolute atomic E-state index is 13.7. The van der Waals surface area contributed by atoms with E-state index in [1.165, 1.54) is 0 Å². The van der Waals surface area contributed by atoms with Crippen molar-refractivity contribution in [2.75, 3.05) is 6.61 Å². The van der Waals surface area contributed by atoms with E-state index in [9.17, 15) is 26.7 Å². The number of ether oxygens (including phenoxy) is 2. The van der Waals surface area contributed by atoms with Crippen LogP contribution in [0.15, 0.2) is 24.4 Å². The van der Waals surface area contributed by atoms with Crippen LogP contribution in [-0.4, -0.2) is 28.8 Å². The van der Waals surface area contributed by atoms with Gasteiger partial charge in [0.25, 0.3) is 0 Å². The van der Waals surface area contributed by atoms with Gasteiger partial charge in [0.2, 0.25) is 5.88 Å². The smallest absolute Gasteiger partial charge is 0.422 e. The van der Waals surface area contributed by atoms with Crippen molar-refractivity contribution < 1.29 is 41.3 Å². The standard InChI is InChI=1S/C14H7ClF5NO4/c15-8-1-6(4-21-12(8)24-5-14(18,19)20)25-11-3-9(16)7(13(22)23)2-10(11)17/h1-4H,5H2,(H,22,23). The van der Waals surface area contributed by atoms with E-state index in [-0.39, 0.29) is 10.8 Å². The number of hydrogen-bond donors (Lipinski definition) is 1. The van der Waals surface area contributed by atoms with Crippen LogP contribution in [0.25, 0.3) is 0 Å². The van der Waals surface area contributed by atoms with Crippen LogP contribution in [0, 0.1) is 11.6 Å². The number of benzene rings is 1. The molecular weight excluding hydrogens is 377 g/mol. The zero-order chi connectivity index (χ0) is 18.8. The Morgan fingerprint density at radius 3 is 2.44 bits per heavy atom. The lowest BCUT2D eigenvalue weighted by Crippen LogP contribution is -2.19. The Morgan fingerprint density at radius 1 is 1.20 bits per heavy atom. The second kappa shape index (κ2) is 7.09. The Labute approximate surface area is 141 Å². The quantitative estimate of drug-likeness (QED) is 0.773. The van der Waals surface area contributed by atoms with Gasteiger partial charge >= 0.3 is 12.1 Å². The molecule has 0 aliphatic heterocycles. The number of nitrogens with zero attached hydrogens (tertiary/aromatic N) is 1. The summed E-state index contributed by atoms with van der Waals surface area (Å²) in [5.41, 5.74) is -0.892. The van der Waals surface area contributed by atoms with Crippen LogP contribution in [0.4, 0.5) is 22.0 Å². The van der Waals surface area contributed by atoms with Gasteiger partial charge in [-0.05, 0) is 6.07 Å². The third-order valence-electron chi connectivity index (χ3n) is 2.63. The van der Waals surface area contributed by atoms with Crippen molar-refractivity contribution in [1.82, 2.24) is 4.98 Å². The van der Waals surface area contributed by atoms with Crippen molar-refractivity contribution in [2.24, 2.45) is 0 Å². The molecule has 11 heteroatoms. The van der Waals surface area contributed by atoms with E-state index in [0.717, 1.165) is 12.3 Å². The van der Waals surface area contributed by atoms with E-state index in [0.29, 0.717) is 12.1 Å². The summed E-state index contributed by atoms with van der Waals surface area (Å²) in [6, 6.07) is 1.90. The van der Waals surface area contributed by atoms with Gasteiger partial charge in [-0.1, -0.05) is 11.6 Å². The first kappa shape index (κ1) is 18.7. The van der Waals surface area contributed by atoms with Gasteiger partial charge in [0, 0.05) is 12.1 Å². The molecule has 1 aromatic heterocycles. The predicted molar refractivity (Wildman–Crippen MR) is 74.2 cm³/mol. The van der Waals surface area contributed by atoms with Crippen LogP contribution < -0.4 is 9.47 Å². The van der Waals surface area contributed by atoms with E-state index < -0.39 is 47.6 Å². The number of halogens is 6. The molecule has 0 saturated heterocycles. The first-order valence-electron chi connectivity index (χ1n) is 6.32. The first-order chi connectivity index (χ1) is 11.6. The number of carboxylic acids is 1. The molecule has 0 aliphatic carbocycles. The minimum absolute atomic E-state index is 0.231. The molecular formula is C14H7ClF5NO4. The molecule has 0 unspecified atom stereocenters. The number of hydrogen-bond acceptors (Lipinski definition) is 4. The average molecular weight is 384 g/mol. The van der Waals surface area contributed by atoms with E-state index in [1.807, 2.05) is 0 Å². The van der Waals surface area contributed by atoms with Gasteiger partial charge in [-0.25, -0.2) is 18.6 Å². The summed E-state index contributed by atoms with van der Waals surface area (Å²) in [6.45, 7) is -1.61. The summed E-state index contributed by atoms with van der Waals surface area (Å²) in [7, 11) is 0. The first-order valence-corrected chi connectivity index (χ1v) is 6.70. The van der Waals surface area contributed by atoms with E-state index >= 15 is 0 Å². The number of rotatable bonds is 5. The van der Waals surface area contributed by atoms with Crippen LogP contribution in [0.3, 0.4) is 0 Å². The molecule has 1 aromatic carbocycles. The SMILES string of the molecule is O=C(O)c1cc(F)c(Oc2cnc(OCC(F)(F)F)c(Cl)c2)cc1F. The molecule has 1 heterocycles. The Morgan fingerprint density at radius 2 is 1.88 bits per heavy atom. The fourth-order valence-corrected chi connectivity index (χ4v) is 1.83. The van der Waals surface area contributed by atoms with Crippen molar-refractivity contribution in [2.45, 2.75) is 6.18 Å². The normalized spacial score (nSPS) is 11.3. The van der Waals surface area contributed by atoms with Gasteiger partial charge in [0.05, 0.1) is 11.8 Å². The summed E-state index contributed by atoms with van der Waals surface area (Å²) < 4.78 is 72.9. The predicted octanol–water partition coefficient (Wildman–Crippen LogP) is 4.44. The number of aromatic carboxylic acids is 1. The summed E-state index contributed by atoms with van der Waals surface area (Å²) in [5.74, 6) is -5.51. The molecule has 25 heavy (non-hydrogen) atoms. The molecule has 0 atom stereocenters. The highest BCUT2D eigenvalue weighted by atomic mass is 35.5. The van der Waals surface area contributed by atoms with Crippen molar-refractivity contribution in [3.8, 4) is 17.4 Å². The highest BCUT2D eigenvalue weighted by Gasteiger charge is 2.29. The van der Waals surface area contributed by atoms with Gasteiger partial charge in [-0.3, -0.25) is 0 Å². The number of alkyl halides is 3. The number of carbonyl (C=O) groups is 1. The zero-order valence-corrected chi connectivity index (χ0v) is 12.7. The topological polar surface area (TPSA) is 68.7 Å². The van der Waals surface area contributed by atoms with Crippen molar-refractivity contribution in [3.63, 3.8) is 0 Å². The molecule has 0 spiro atoms. The molecule has 2 aromatic rings. The molecule has 0 bridgehead atoms. The van der Waals surface area contributed by atoms with Crippen LogP contribution >= 0.6 is 11.6 Å². The molecule has 0 fully saturated rings. The van der Waals surface area contributed by atoms with E-state index in [4.69, 9.17) is 21.4 Å². The molecule has 0 saturated carbocycles. The van der Waals surface area contributed by atoms with Crippen molar-refractivity contribution in [1.29, 1.82) is 0 Å². The fraction of sp³-hybridized carbons (Fsp3) is 0.143. The highest BCUT2D eigenvalue weighted by molar-refractivity contribution is 6.31. The van der Waals surface area contributed by atoms with Gasteiger partial charge < -0.3 is 14.6 Å². The third kappa shape index (κ3) is 4.92. The molecule has 1 N–H and O–H groups in total. The second-order valence-corrected chi connectivity index (χ2v) is 4.94. The number of carboxylic acid groups (broad SMARTS) is 1. The fourth-order valence-electron chi connectivity index (χ4n) is 1.62. The summed E-state index contributed by atoms with van der Waals surface area (Å²) >= 11 is 5.68. The molecule has 0 aliphatic rings. The largest absolute Gasteiger partial charge is 0.478 e. The number of pyridine rings is 1. The van der Waals surface area contributed by atoms with Crippen LogP contribution in [-0.2, 0) is 0 Å². The van der Waals surface area contributed by atoms with Gasteiger partial charge in [0.15, 0.2) is 18.2 Å². The lowest BCUT2D eigenvalue weighted by Gasteiger charge is -2.11. The van der Waals surface area contributed by atoms with Crippen molar-refractivity contribution >= 4 is 17.6 Å². The molecule has 134 valence electrons. The Balaban J connectivity index is 2.20. The van der Waals surface area contributed by atoms with Gasteiger partial charge in [0.1, 0.15) is 16.6 Å². The lowest BCUT2D eigenvalue weighted by molar-refractivity contribution is -0.154. The Kier molecular flexibility index (Phi) is 5.31. The van der Waals surface area contributed by atoms with E-state index in [2.05, 4.69) is 9.72 Å². The summed E-state index contributed by atoms with van der Waals surface area (Å²) in [6.07, 6.45) is -3.72. The van der Waals surface area contributed by atoms with Gasteiger partial charge in [-0.15, -0.1) is 0 Å². The Hall–Kier alpha value is -2.62. The minimum Gasteiger partial charge on any atom is -0.478 e. The second-order valence-electron chi connectivity index (χ2n) is 4.53. The maximum atomic E-state index is 13.7. The number of aromatic nitrogens is 1. The Bertz CT molecular complexity index is 813. The van der Waals surface area contributed by atoms with Crippen LogP contribution in [0.2, 0.25) is 5.02 Å². The lowest BCUT2D eigenvalue weighted by atomic mass is 10.2. The molecule has 0 radical (unpaired) electrons. The third-order valence-corrected chi connectivity index (χ3v) is 2.91. The van der Waals surface area contributed by atoms with Gasteiger partial charge in [-0.2, -0.15) is 13.2 Å².